The minimum atomic E-state index is 0.248. The lowest BCUT2D eigenvalue weighted by Gasteiger charge is -1.95. The Kier molecular flexibility index (Phi) is 1.99. The van der Waals surface area contributed by atoms with E-state index in [0.717, 1.165) is 14.5 Å². The largest absolute Gasteiger partial charge is 0.507 e. The molecule has 0 bridgehead atoms. The molecule has 0 atom stereocenters. The number of halogens is 2. The Morgan fingerprint density at radius 1 is 1.50 bits per heavy atom. The van der Waals surface area contributed by atoms with Crippen molar-refractivity contribution in [2.45, 2.75) is 0 Å². The first-order valence-corrected chi connectivity index (χ1v) is 5.08. The number of aromatic nitrogens is 2. The molecule has 3 nitrogen and oxygen atoms in total. The number of rotatable bonds is 0. The monoisotopic (exact) mass is 338 g/mol. The molecule has 0 saturated carbocycles. The molecule has 12 heavy (non-hydrogen) atoms. The van der Waals surface area contributed by atoms with Crippen LogP contribution in [0.25, 0.3) is 10.9 Å². The van der Waals surface area contributed by atoms with Crippen LogP contribution < -0.4 is 0 Å². The Morgan fingerprint density at radius 2 is 2.25 bits per heavy atom. The van der Waals surface area contributed by atoms with Crippen LogP contribution in [0.4, 0.5) is 0 Å². The highest BCUT2D eigenvalue weighted by Gasteiger charge is 2.07. The van der Waals surface area contributed by atoms with Crippen molar-refractivity contribution in [1.82, 2.24) is 10.2 Å². The summed E-state index contributed by atoms with van der Waals surface area (Å²) in [6, 6.07) is 3.60. The van der Waals surface area contributed by atoms with Gasteiger partial charge in [0.25, 0.3) is 0 Å². The number of phenols is 1. The molecular formula is C7H4BrIN2O. The van der Waals surface area contributed by atoms with Crippen LogP contribution in [0.5, 0.6) is 5.75 Å². The summed E-state index contributed by atoms with van der Waals surface area (Å²) in [5.74, 6) is 0.248. The predicted molar refractivity (Wildman–Crippen MR) is 58.2 cm³/mol. The first kappa shape index (κ1) is 8.31. The normalized spacial score (nSPS) is 10.8. The zero-order valence-corrected chi connectivity index (χ0v) is 9.55. The fourth-order valence-corrected chi connectivity index (χ4v) is 2.14. The van der Waals surface area contributed by atoms with Crippen molar-refractivity contribution in [3.63, 3.8) is 0 Å². The van der Waals surface area contributed by atoms with Crippen LogP contribution in [0.1, 0.15) is 0 Å². The fraction of sp³-hybridized carbons (Fsp3) is 0. The number of benzene rings is 1. The fourth-order valence-electron chi connectivity index (χ4n) is 1.06. The maximum atomic E-state index is 9.53. The van der Waals surface area contributed by atoms with Gasteiger partial charge in [0.2, 0.25) is 0 Å². The zero-order valence-electron chi connectivity index (χ0n) is 5.81. The average molecular weight is 339 g/mol. The molecule has 0 aliphatic carbocycles. The van der Waals surface area contributed by atoms with E-state index in [2.05, 4.69) is 48.7 Å². The van der Waals surface area contributed by atoms with Gasteiger partial charge in [-0.15, -0.1) is 0 Å². The van der Waals surface area contributed by atoms with E-state index in [4.69, 9.17) is 0 Å². The minimum Gasteiger partial charge on any atom is -0.507 e. The minimum absolute atomic E-state index is 0.248. The molecule has 0 unspecified atom stereocenters. The molecule has 1 aromatic carbocycles. The van der Waals surface area contributed by atoms with Gasteiger partial charge in [0.05, 0.1) is 10.9 Å². The van der Waals surface area contributed by atoms with Crippen molar-refractivity contribution in [3.8, 4) is 5.75 Å². The number of hydrogen-bond donors (Lipinski definition) is 2. The maximum absolute atomic E-state index is 9.53. The zero-order chi connectivity index (χ0) is 8.72. The second-order valence-electron chi connectivity index (χ2n) is 2.36. The van der Waals surface area contributed by atoms with Crippen molar-refractivity contribution < 1.29 is 5.11 Å². The molecule has 0 amide bonds. The van der Waals surface area contributed by atoms with Crippen LogP contribution in [0, 0.1) is 3.57 Å². The number of aromatic amines is 1. The summed E-state index contributed by atoms with van der Waals surface area (Å²) >= 11 is 5.40. The number of fused-ring (bicyclic) bond motifs is 1. The molecule has 2 N–H and O–H groups in total. The van der Waals surface area contributed by atoms with Gasteiger partial charge in [-0.05, 0) is 50.7 Å². The lowest BCUT2D eigenvalue weighted by molar-refractivity contribution is 0.481. The van der Waals surface area contributed by atoms with Crippen molar-refractivity contribution in [1.29, 1.82) is 0 Å². The van der Waals surface area contributed by atoms with Crippen LogP contribution in [0.2, 0.25) is 0 Å². The first-order valence-electron chi connectivity index (χ1n) is 3.20. The summed E-state index contributed by atoms with van der Waals surface area (Å²) in [5.41, 5.74) is 0.770. The van der Waals surface area contributed by atoms with Gasteiger partial charge in [0.15, 0.2) is 0 Å². The molecule has 0 aliphatic heterocycles. The average Bonchev–Trinajstić information content (AvgIpc) is 2.31. The lowest BCUT2D eigenvalue weighted by Crippen LogP contribution is -1.73. The van der Waals surface area contributed by atoms with Crippen molar-refractivity contribution in [3.05, 3.63) is 20.3 Å². The first-order chi connectivity index (χ1) is 5.68. The molecule has 2 rings (SSSR count). The highest BCUT2D eigenvalue weighted by atomic mass is 127. The van der Waals surface area contributed by atoms with E-state index in [1.54, 1.807) is 6.07 Å². The van der Waals surface area contributed by atoms with E-state index in [9.17, 15) is 5.11 Å². The van der Waals surface area contributed by atoms with Gasteiger partial charge >= 0.3 is 0 Å². The smallest absolute Gasteiger partial charge is 0.128 e. The molecule has 0 radical (unpaired) electrons. The SMILES string of the molecule is Oc1cc(I)cc2n[nH]c(Br)c12. The van der Waals surface area contributed by atoms with Crippen LogP contribution in [-0.4, -0.2) is 15.3 Å². The van der Waals surface area contributed by atoms with Gasteiger partial charge in [0, 0.05) is 3.57 Å². The molecular weight excluding hydrogens is 335 g/mol. The maximum Gasteiger partial charge on any atom is 0.128 e. The van der Waals surface area contributed by atoms with Gasteiger partial charge in [-0.25, -0.2) is 0 Å². The number of nitrogens with one attached hydrogen (secondary N) is 1. The summed E-state index contributed by atoms with van der Waals surface area (Å²) in [5, 5.41) is 17.0. The summed E-state index contributed by atoms with van der Waals surface area (Å²) in [6.07, 6.45) is 0. The van der Waals surface area contributed by atoms with Crippen LogP contribution in [0.3, 0.4) is 0 Å². The van der Waals surface area contributed by atoms with Crippen molar-refractivity contribution in [2.75, 3.05) is 0 Å². The second-order valence-corrected chi connectivity index (χ2v) is 4.40. The Labute approximate surface area is 90.4 Å². The third-order valence-electron chi connectivity index (χ3n) is 1.56. The van der Waals surface area contributed by atoms with Crippen molar-refractivity contribution >= 4 is 49.4 Å². The molecule has 0 fully saturated rings. The van der Waals surface area contributed by atoms with E-state index in [1.165, 1.54) is 0 Å². The Morgan fingerprint density at radius 3 is 3.00 bits per heavy atom. The van der Waals surface area contributed by atoms with E-state index in [0.29, 0.717) is 4.60 Å². The molecule has 2 aromatic rings. The third kappa shape index (κ3) is 1.20. The standard InChI is InChI=1S/C7H4BrIN2O/c8-7-6-4(10-11-7)1-3(9)2-5(6)12/h1-2,12H,(H,10,11). The second kappa shape index (κ2) is 2.88. The quantitative estimate of drug-likeness (QED) is 0.725. The molecule has 0 saturated heterocycles. The van der Waals surface area contributed by atoms with Gasteiger partial charge < -0.3 is 5.11 Å². The molecule has 0 aliphatic rings. The molecule has 5 heteroatoms. The van der Waals surface area contributed by atoms with Crippen LogP contribution >= 0.6 is 38.5 Å². The number of aromatic hydroxyl groups is 1. The Balaban J connectivity index is 2.93. The van der Waals surface area contributed by atoms with Crippen LogP contribution in [0.15, 0.2) is 16.7 Å². The van der Waals surface area contributed by atoms with Gasteiger partial charge in [-0.1, -0.05) is 0 Å². The van der Waals surface area contributed by atoms with E-state index in [-0.39, 0.29) is 5.75 Å². The molecule has 62 valence electrons. The molecule has 1 aromatic heterocycles. The van der Waals surface area contributed by atoms with Gasteiger partial charge in [-0.2, -0.15) is 5.10 Å². The predicted octanol–water partition coefficient (Wildman–Crippen LogP) is 2.64. The third-order valence-corrected chi connectivity index (χ3v) is 2.75. The van der Waals surface area contributed by atoms with Gasteiger partial charge in [-0.3, -0.25) is 5.10 Å². The Hall–Kier alpha value is -0.300. The summed E-state index contributed by atoms with van der Waals surface area (Å²) in [6.45, 7) is 0. The number of H-pyrrole nitrogens is 1. The van der Waals surface area contributed by atoms with Gasteiger partial charge in [0.1, 0.15) is 10.4 Å². The van der Waals surface area contributed by atoms with Crippen molar-refractivity contribution in [2.24, 2.45) is 0 Å². The summed E-state index contributed by atoms with van der Waals surface area (Å²) in [4.78, 5) is 0. The highest BCUT2D eigenvalue weighted by molar-refractivity contribution is 14.1. The molecule has 0 spiro atoms. The summed E-state index contributed by atoms with van der Waals surface area (Å²) < 4.78 is 1.68. The number of hydrogen-bond acceptors (Lipinski definition) is 2. The molecule has 1 heterocycles. The number of nitrogens with zero attached hydrogens (tertiary/aromatic N) is 1. The van der Waals surface area contributed by atoms with Crippen LogP contribution in [-0.2, 0) is 0 Å². The number of phenolic OH excluding ortho intramolecular Hbond substituents is 1. The summed E-state index contributed by atoms with van der Waals surface area (Å²) in [7, 11) is 0. The van der Waals surface area contributed by atoms with E-state index < -0.39 is 0 Å². The Bertz CT molecular complexity index is 440. The van der Waals surface area contributed by atoms with E-state index in [1.807, 2.05) is 6.07 Å². The lowest BCUT2D eigenvalue weighted by atomic mass is 10.2. The van der Waals surface area contributed by atoms with E-state index >= 15 is 0 Å². The topological polar surface area (TPSA) is 48.9 Å². The highest BCUT2D eigenvalue weighted by Crippen LogP contribution is 2.31.